The van der Waals surface area contributed by atoms with Gasteiger partial charge in [-0.2, -0.15) is 0 Å². The maximum atomic E-state index is 5.86. The molecule has 0 aliphatic heterocycles. The van der Waals surface area contributed by atoms with Crippen molar-refractivity contribution < 1.29 is 4.74 Å². The van der Waals surface area contributed by atoms with Gasteiger partial charge in [-0.3, -0.25) is 4.98 Å². The summed E-state index contributed by atoms with van der Waals surface area (Å²) in [6.45, 7) is 1.94. The van der Waals surface area contributed by atoms with Crippen LogP contribution in [-0.2, 0) is 5.88 Å². The molecule has 0 bridgehead atoms. The Morgan fingerprint density at radius 1 is 1.29 bits per heavy atom. The van der Waals surface area contributed by atoms with Crippen molar-refractivity contribution in [3.63, 3.8) is 0 Å². The quantitative estimate of drug-likeness (QED) is 0.767. The molecule has 0 aliphatic carbocycles. The summed E-state index contributed by atoms with van der Waals surface area (Å²) >= 11 is 9.28. The first-order valence-corrected chi connectivity index (χ1v) is 6.46. The molecule has 0 spiro atoms. The number of hydrogen-bond donors (Lipinski definition) is 0. The van der Waals surface area contributed by atoms with Crippen LogP contribution in [0.4, 0.5) is 0 Å². The number of aromatic nitrogens is 1. The monoisotopic (exact) mass is 311 g/mol. The van der Waals surface area contributed by atoms with E-state index in [1.54, 1.807) is 6.20 Å². The highest BCUT2D eigenvalue weighted by Crippen LogP contribution is 2.29. The lowest BCUT2D eigenvalue weighted by Crippen LogP contribution is -1.91. The van der Waals surface area contributed by atoms with Crippen LogP contribution in [0.15, 0.2) is 41.0 Å². The van der Waals surface area contributed by atoms with Gasteiger partial charge in [0, 0.05) is 15.7 Å². The highest BCUT2D eigenvalue weighted by Gasteiger charge is 2.05. The first kappa shape index (κ1) is 12.4. The lowest BCUT2D eigenvalue weighted by Gasteiger charge is -2.09. The molecule has 0 radical (unpaired) electrons. The van der Waals surface area contributed by atoms with Crippen molar-refractivity contribution in [1.29, 1.82) is 0 Å². The fourth-order valence-corrected chi connectivity index (χ4v) is 1.94. The fourth-order valence-electron chi connectivity index (χ4n) is 1.38. The largest absolute Gasteiger partial charge is 0.455 e. The number of ether oxygens (including phenoxy) is 1. The molecule has 0 atom stereocenters. The molecule has 4 heteroatoms. The molecule has 0 N–H and O–H groups in total. The number of alkyl halides is 1. The maximum Gasteiger partial charge on any atom is 0.145 e. The molecular formula is C13H11BrClNO. The van der Waals surface area contributed by atoms with Crippen molar-refractivity contribution in [3.05, 3.63) is 52.3 Å². The predicted octanol–water partition coefficient (Wildman–Crippen LogP) is 4.68. The molecule has 0 saturated carbocycles. The smallest absolute Gasteiger partial charge is 0.145 e. The second-order valence-corrected chi connectivity index (χ2v) is 4.81. The normalized spacial score (nSPS) is 10.3. The predicted molar refractivity (Wildman–Crippen MR) is 72.7 cm³/mol. The van der Waals surface area contributed by atoms with Gasteiger partial charge in [0.25, 0.3) is 0 Å². The van der Waals surface area contributed by atoms with Gasteiger partial charge in [-0.15, -0.1) is 11.6 Å². The number of halogens is 2. The van der Waals surface area contributed by atoms with Gasteiger partial charge in [0.1, 0.15) is 11.5 Å². The average Bonchev–Trinajstić information content (AvgIpc) is 2.32. The molecular weight excluding hydrogens is 302 g/mol. The van der Waals surface area contributed by atoms with E-state index in [0.717, 1.165) is 21.5 Å². The third-order valence-corrected chi connectivity index (χ3v) is 3.07. The minimum absolute atomic E-state index is 0.419. The lowest BCUT2D eigenvalue weighted by molar-refractivity contribution is 0.475. The standard InChI is InChI=1S/C13H11BrClNO/c1-9-2-5-12(8-16-9)17-13-6-11(14)4-3-10(13)7-15/h2-6,8H,7H2,1H3. The summed E-state index contributed by atoms with van der Waals surface area (Å²) in [5, 5.41) is 0. The molecule has 88 valence electrons. The van der Waals surface area contributed by atoms with Crippen LogP contribution in [0.1, 0.15) is 11.3 Å². The summed E-state index contributed by atoms with van der Waals surface area (Å²) < 4.78 is 6.72. The maximum absolute atomic E-state index is 5.86. The third kappa shape index (κ3) is 3.20. The number of benzene rings is 1. The number of hydrogen-bond acceptors (Lipinski definition) is 2. The van der Waals surface area contributed by atoms with E-state index in [1.807, 2.05) is 37.3 Å². The minimum atomic E-state index is 0.419. The van der Waals surface area contributed by atoms with Crippen molar-refractivity contribution >= 4 is 27.5 Å². The SMILES string of the molecule is Cc1ccc(Oc2cc(Br)ccc2CCl)cn1. The minimum Gasteiger partial charge on any atom is -0.455 e. The topological polar surface area (TPSA) is 22.1 Å². The molecule has 0 fully saturated rings. The highest BCUT2D eigenvalue weighted by molar-refractivity contribution is 9.10. The van der Waals surface area contributed by atoms with Gasteiger partial charge >= 0.3 is 0 Å². The molecule has 0 unspecified atom stereocenters. The zero-order valence-electron chi connectivity index (χ0n) is 9.28. The van der Waals surface area contributed by atoms with Crippen LogP contribution in [0.25, 0.3) is 0 Å². The molecule has 2 rings (SSSR count). The van der Waals surface area contributed by atoms with E-state index in [4.69, 9.17) is 16.3 Å². The molecule has 1 aromatic carbocycles. The van der Waals surface area contributed by atoms with Crippen LogP contribution in [0.5, 0.6) is 11.5 Å². The van der Waals surface area contributed by atoms with Crippen LogP contribution < -0.4 is 4.74 Å². The number of pyridine rings is 1. The molecule has 0 saturated heterocycles. The number of nitrogens with zero attached hydrogens (tertiary/aromatic N) is 1. The molecule has 2 nitrogen and oxygen atoms in total. The van der Waals surface area contributed by atoms with Crippen molar-refractivity contribution in [3.8, 4) is 11.5 Å². The van der Waals surface area contributed by atoms with Gasteiger partial charge in [0.2, 0.25) is 0 Å². The summed E-state index contributed by atoms with van der Waals surface area (Å²) in [4.78, 5) is 4.18. The number of rotatable bonds is 3. The highest BCUT2D eigenvalue weighted by atomic mass is 79.9. The van der Waals surface area contributed by atoms with E-state index in [1.165, 1.54) is 0 Å². The molecule has 0 aliphatic rings. The van der Waals surface area contributed by atoms with Crippen molar-refractivity contribution in [2.75, 3.05) is 0 Å². The van der Waals surface area contributed by atoms with E-state index < -0.39 is 0 Å². The van der Waals surface area contributed by atoms with Crippen LogP contribution in [0, 0.1) is 6.92 Å². The Labute approximate surface area is 114 Å². The Morgan fingerprint density at radius 2 is 2.12 bits per heavy atom. The lowest BCUT2D eigenvalue weighted by atomic mass is 10.2. The second kappa shape index (κ2) is 5.52. The molecule has 2 aromatic rings. The zero-order chi connectivity index (χ0) is 12.3. The zero-order valence-corrected chi connectivity index (χ0v) is 11.6. The van der Waals surface area contributed by atoms with Gasteiger partial charge < -0.3 is 4.74 Å². The van der Waals surface area contributed by atoms with Crippen LogP contribution in [0.3, 0.4) is 0 Å². The summed E-state index contributed by atoms with van der Waals surface area (Å²) in [6, 6.07) is 9.58. The Balaban J connectivity index is 2.28. The average molecular weight is 313 g/mol. The Bertz CT molecular complexity index is 513. The van der Waals surface area contributed by atoms with Crippen molar-refractivity contribution in [2.45, 2.75) is 12.8 Å². The fraction of sp³-hybridized carbons (Fsp3) is 0.154. The van der Waals surface area contributed by atoms with Crippen LogP contribution in [-0.4, -0.2) is 4.98 Å². The summed E-state index contributed by atoms with van der Waals surface area (Å²) in [6.07, 6.45) is 1.70. The van der Waals surface area contributed by atoms with Crippen LogP contribution in [0.2, 0.25) is 0 Å². The third-order valence-electron chi connectivity index (χ3n) is 2.29. The van der Waals surface area contributed by atoms with Gasteiger partial charge in [-0.05, 0) is 31.2 Å². The summed E-state index contributed by atoms with van der Waals surface area (Å²) in [7, 11) is 0. The Morgan fingerprint density at radius 3 is 2.76 bits per heavy atom. The summed E-state index contributed by atoms with van der Waals surface area (Å²) in [5.41, 5.74) is 1.92. The van der Waals surface area contributed by atoms with Crippen molar-refractivity contribution in [2.24, 2.45) is 0 Å². The van der Waals surface area contributed by atoms with E-state index in [0.29, 0.717) is 11.6 Å². The van der Waals surface area contributed by atoms with Gasteiger partial charge in [0.15, 0.2) is 0 Å². The second-order valence-electron chi connectivity index (χ2n) is 3.62. The van der Waals surface area contributed by atoms with E-state index >= 15 is 0 Å². The van der Waals surface area contributed by atoms with Gasteiger partial charge in [-0.1, -0.05) is 22.0 Å². The van der Waals surface area contributed by atoms with Gasteiger partial charge in [-0.25, -0.2) is 0 Å². The van der Waals surface area contributed by atoms with E-state index in [2.05, 4.69) is 20.9 Å². The number of aryl methyl sites for hydroxylation is 1. The van der Waals surface area contributed by atoms with E-state index in [-0.39, 0.29) is 0 Å². The van der Waals surface area contributed by atoms with Gasteiger partial charge in [0.05, 0.1) is 12.1 Å². The van der Waals surface area contributed by atoms with Crippen molar-refractivity contribution in [1.82, 2.24) is 4.98 Å². The first-order valence-electron chi connectivity index (χ1n) is 5.14. The van der Waals surface area contributed by atoms with E-state index in [9.17, 15) is 0 Å². The molecule has 17 heavy (non-hydrogen) atoms. The van der Waals surface area contributed by atoms with Crippen LogP contribution >= 0.6 is 27.5 Å². The first-order chi connectivity index (χ1) is 8.19. The Kier molecular flexibility index (Phi) is 4.02. The Hall–Kier alpha value is -1.06. The summed E-state index contributed by atoms with van der Waals surface area (Å²) in [5.74, 6) is 1.88. The molecule has 1 aromatic heterocycles. The molecule has 1 heterocycles. The molecule has 0 amide bonds.